The molecule has 19 heavy (non-hydrogen) atoms. The van der Waals surface area contributed by atoms with E-state index in [1.54, 1.807) is 6.07 Å². The molecule has 1 heterocycles. The fourth-order valence-electron chi connectivity index (χ4n) is 2.24. The summed E-state index contributed by atoms with van der Waals surface area (Å²) in [5.41, 5.74) is 9.40. The highest BCUT2D eigenvalue weighted by Crippen LogP contribution is 2.29. The van der Waals surface area contributed by atoms with Gasteiger partial charge in [0.05, 0.1) is 5.52 Å². The van der Waals surface area contributed by atoms with Crippen LogP contribution in [0.25, 0.3) is 22.2 Å². The number of amides is 1. The van der Waals surface area contributed by atoms with Crippen molar-refractivity contribution in [2.24, 2.45) is 5.73 Å². The second-order valence-corrected chi connectivity index (χ2v) is 4.53. The Morgan fingerprint density at radius 3 is 2.79 bits per heavy atom. The van der Waals surface area contributed by atoms with Crippen molar-refractivity contribution in [1.82, 2.24) is 10.2 Å². The summed E-state index contributed by atoms with van der Waals surface area (Å²) >= 11 is 0. The van der Waals surface area contributed by atoms with Crippen molar-refractivity contribution in [3.05, 3.63) is 53.6 Å². The van der Waals surface area contributed by atoms with Gasteiger partial charge in [0.1, 0.15) is 5.69 Å². The zero-order valence-electron chi connectivity index (χ0n) is 10.5. The van der Waals surface area contributed by atoms with Crippen molar-refractivity contribution < 1.29 is 4.79 Å². The highest BCUT2D eigenvalue weighted by Gasteiger charge is 2.14. The first kappa shape index (κ1) is 11.5. The van der Waals surface area contributed by atoms with E-state index in [0.29, 0.717) is 5.56 Å². The van der Waals surface area contributed by atoms with E-state index in [2.05, 4.69) is 10.2 Å². The van der Waals surface area contributed by atoms with Crippen molar-refractivity contribution in [3.8, 4) is 11.3 Å². The molecule has 3 N–H and O–H groups in total. The number of hydrogen-bond donors (Lipinski definition) is 2. The summed E-state index contributed by atoms with van der Waals surface area (Å²) in [5.74, 6) is -0.439. The van der Waals surface area contributed by atoms with E-state index in [1.165, 1.54) is 0 Å². The van der Waals surface area contributed by atoms with Crippen molar-refractivity contribution in [2.45, 2.75) is 6.92 Å². The van der Waals surface area contributed by atoms with Crippen molar-refractivity contribution in [3.63, 3.8) is 0 Å². The lowest BCUT2D eigenvalue weighted by Crippen LogP contribution is -2.12. The summed E-state index contributed by atoms with van der Waals surface area (Å²) < 4.78 is 0. The second kappa shape index (κ2) is 4.24. The van der Waals surface area contributed by atoms with E-state index in [-0.39, 0.29) is 0 Å². The molecule has 0 saturated carbocycles. The van der Waals surface area contributed by atoms with Crippen molar-refractivity contribution in [1.29, 1.82) is 0 Å². The summed E-state index contributed by atoms with van der Waals surface area (Å²) in [6.45, 7) is 1.93. The number of para-hydroxylation sites is 1. The predicted octanol–water partition coefficient (Wildman–Crippen LogP) is 2.64. The molecule has 94 valence electrons. The topological polar surface area (TPSA) is 71.8 Å². The van der Waals surface area contributed by atoms with Crippen LogP contribution in [0.4, 0.5) is 0 Å². The summed E-state index contributed by atoms with van der Waals surface area (Å²) in [4.78, 5) is 11.6. The quantitative estimate of drug-likeness (QED) is 0.735. The molecule has 0 unspecified atom stereocenters. The van der Waals surface area contributed by atoms with Gasteiger partial charge in [0.15, 0.2) is 0 Å². The Bertz CT molecular complexity index is 774. The Kier molecular flexibility index (Phi) is 2.56. The molecule has 4 nitrogen and oxygen atoms in total. The van der Waals surface area contributed by atoms with Crippen LogP contribution in [-0.4, -0.2) is 16.1 Å². The van der Waals surface area contributed by atoms with E-state index in [0.717, 1.165) is 27.7 Å². The number of carbonyl (C=O) groups excluding carboxylic acids is 1. The molecule has 0 aliphatic carbocycles. The van der Waals surface area contributed by atoms with Gasteiger partial charge in [-0.05, 0) is 19.1 Å². The van der Waals surface area contributed by atoms with Gasteiger partial charge in [-0.1, -0.05) is 35.9 Å². The number of H-pyrrole nitrogens is 1. The van der Waals surface area contributed by atoms with Gasteiger partial charge in [-0.15, -0.1) is 0 Å². The molecule has 0 radical (unpaired) electrons. The summed E-state index contributed by atoms with van der Waals surface area (Å²) in [5, 5.41) is 8.25. The Hall–Kier alpha value is -2.62. The highest BCUT2D eigenvalue weighted by molar-refractivity contribution is 6.03. The van der Waals surface area contributed by atoms with Crippen LogP contribution in [0.5, 0.6) is 0 Å². The molecule has 1 aromatic heterocycles. The maximum absolute atomic E-state index is 11.6. The smallest absolute Gasteiger partial charge is 0.249 e. The van der Waals surface area contributed by atoms with Crippen LogP contribution in [-0.2, 0) is 0 Å². The van der Waals surface area contributed by atoms with Gasteiger partial charge in [-0.2, -0.15) is 5.10 Å². The van der Waals surface area contributed by atoms with Crippen LogP contribution in [0.2, 0.25) is 0 Å². The average molecular weight is 251 g/mol. The normalized spacial score (nSPS) is 10.8. The molecular weight excluding hydrogens is 238 g/mol. The van der Waals surface area contributed by atoms with Gasteiger partial charge in [-0.3, -0.25) is 9.89 Å². The zero-order chi connectivity index (χ0) is 13.4. The Labute approximate surface area is 110 Å². The summed E-state index contributed by atoms with van der Waals surface area (Å²) in [7, 11) is 0. The third-order valence-corrected chi connectivity index (χ3v) is 3.17. The number of rotatable bonds is 2. The van der Waals surface area contributed by atoms with E-state index >= 15 is 0 Å². The number of nitrogens with zero attached hydrogens (tertiary/aromatic N) is 1. The first-order valence-electron chi connectivity index (χ1n) is 6.01. The van der Waals surface area contributed by atoms with Crippen LogP contribution in [0.3, 0.4) is 0 Å². The fourth-order valence-corrected chi connectivity index (χ4v) is 2.24. The third kappa shape index (κ3) is 1.87. The first-order valence-corrected chi connectivity index (χ1v) is 6.01. The highest BCUT2D eigenvalue weighted by atomic mass is 16.1. The number of nitrogens with one attached hydrogen (secondary N) is 1. The number of benzene rings is 2. The number of primary amides is 1. The molecule has 0 saturated heterocycles. The molecule has 3 aromatic rings. The number of fused-ring (bicyclic) bond motifs is 1. The van der Waals surface area contributed by atoms with E-state index in [1.807, 2.05) is 43.3 Å². The average Bonchev–Trinajstić information content (AvgIpc) is 2.82. The van der Waals surface area contributed by atoms with Crippen LogP contribution in [0.1, 0.15) is 15.9 Å². The zero-order valence-corrected chi connectivity index (χ0v) is 10.5. The molecule has 0 aliphatic rings. The molecule has 1 amide bonds. The number of hydrogen-bond acceptors (Lipinski definition) is 2. The van der Waals surface area contributed by atoms with Gasteiger partial charge in [-0.25, -0.2) is 0 Å². The molecule has 0 fully saturated rings. The number of aryl methyl sites for hydroxylation is 1. The summed E-state index contributed by atoms with van der Waals surface area (Å²) in [6.07, 6.45) is 0. The molecule has 0 spiro atoms. The number of aromatic amines is 1. The van der Waals surface area contributed by atoms with E-state index in [9.17, 15) is 4.79 Å². The lowest BCUT2D eigenvalue weighted by molar-refractivity contribution is 0.100. The second-order valence-electron chi connectivity index (χ2n) is 4.53. The third-order valence-electron chi connectivity index (χ3n) is 3.17. The van der Waals surface area contributed by atoms with E-state index < -0.39 is 5.91 Å². The lowest BCUT2D eigenvalue weighted by Gasteiger charge is -2.05. The van der Waals surface area contributed by atoms with Crippen LogP contribution >= 0.6 is 0 Å². The van der Waals surface area contributed by atoms with Crippen LogP contribution in [0.15, 0.2) is 42.5 Å². The minimum atomic E-state index is -0.439. The Balaban J connectivity index is 2.30. The van der Waals surface area contributed by atoms with Gasteiger partial charge >= 0.3 is 0 Å². The molecule has 3 rings (SSSR count). The van der Waals surface area contributed by atoms with Crippen molar-refractivity contribution >= 4 is 16.8 Å². The largest absolute Gasteiger partial charge is 0.366 e. The monoisotopic (exact) mass is 251 g/mol. The minimum Gasteiger partial charge on any atom is -0.366 e. The number of aromatic nitrogens is 2. The van der Waals surface area contributed by atoms with Crippen molar-refractivity contribution in [2.75, 3.05) is 0 Å². The number of carbonyl (C=O) groups is 1. The Morgan fingerprint density at radius 2 is 2.00 bits per heavy atom. The molecule has 4 heteroatoms. The summed E-state index contributed by atoms with van der Waals surface area (Å²) in [6, 6.07) is 13.4. The molecule has 0 aliphatic heterocycles. The maximum atomic E-state index is 11.6. The van der Waals surface area contributed by atoms with E-state index in [4.69, 9.17) is 5.73 Å². The van der Waals surface area contributed by atoms with Gasteiger partial charge < -0.3 is 5.73 Å². The molecular formula is C15H13N3O. The SMILES string of the molecule is Cc1ccc(-c2n[nH]c3ccccc23)c(C(N)=O)c1. The van der Waals surface area contributed by atoms with Gasteiger partial charge in [0, 0.05) is 16.5 Å². The lowest BCUT2D eigenvalue weighted by atomic mass is 9.99. The van der Waals surface area contributed by atoms with Crippen LogP contribution < -0.4 is 5.73 Å². The predicted molar refractivity (Wildman–Crippen MR) is 74.8 cm³/mol. The minimum absolute atomic E-state index is 0.439. The maximum Gasteiger partial charge on any atom is 0.249 e. The standard InChI is InChI=1S/C15H13N3O/c1-9-6-7-10(12(8-9)15(16)19)14-11-4-2-3-5-13(11)17-18-14/h2-8H,1H3,(H2,16,19)(H,17,18). The van der Waals surface area contributed by atoms with Crippen LogP contribution in [0, 0.1) is 6.92 Å². The van der Waals surface area contributed by atoms with Gasteiger partial charge in [0.25, 0.3) is 0 Å². The molecule has 0 atom stereocenters. The first-order chi connectivity index (χ1) is 9.16. The number of nitrogens with two attached hydrogens (primary N) is 1. The molecule has 0 bridgehead atoms. The fraction of sp³-hybridized carbons (Fsp3) is 0.0667. The molecule has 2 aromatic carbocycles. The van der Waals surface area contributed by atoms with Gasteiger partial charge in [0.2, 0.25) is 5.91 Å². The Morgan fingerprint density at radius 1 is 1.21 bits per heavy atom.